The number of aromatic nitrogens is 2. The summed E-state index contributed by atoms with van der Waals surface area (Å²) in [4.78, 5) is 9.30. The van der Waals surface area contributed by atoms with Crippen LogP contribution in [0.1, 0.15) is 54.5 Å². The van der Waals surface area contributed by atoms with E-state index >= 15 is 0 Å². The SMILES string of the molecule is Cc1ccc(Cc2ncc3c(n2)CC(C)(C)CC3N)cc1. The lowest BCUT2D eigenvalue weighted by Crippen LogP contribution is -2.31. The molecule has 0 fully saturated rings. The molecule has 1 aromatic heterocycles. The fourth-order valence-corrected chi connectivity index (χ4v) is 3.12. The van der Waals surface area contributed by atoms with Crippen LogP contribution in [0.15, 0.2) is 30.5 Å². The summed E-state index contributed by atoms with van der Waals surface area (Å²) in [6.45, 7) is 6.62. The minimum absolute atomic E-state index is 0.0668. The maximum Gasteiger partial charge on any atom is 0.132 e. The Hall–Kier alpha value is -1.74. The molecule has 0 saturated carbocycles. The topological polar surface area (TPSA) is 51.8 Å². The summed E-state index contributed by atoms with van der Waals surface area (Å²) < 4.78 is 0. The summed E-state index contributed by atoms with van der Waals surface area (Å²) >= 11 is 0. The van der Waals surface area contributed by atoms with Crippen molar-refractivity contribution in [3.63, 3.8) is 0 Å². The zero-order valence-electron chi connectivity index (χ0n) is 13.1. The highest BCUT2D eigenvalue weighted by molar-refractivity contribution is 5.28. The van der Waals surface area contributed by atoms with Gasteiger partial charge in [-0.15, -0.1) is 0 Å². The van der Waals surface area contributed by atoms with Gasteiger partial charge in [-0.3, -0.25) is 0 Å². The monoisotopic (exact) mass is 281 g/mol. The first-order chi connectivity index (χ1) is 9.93. The van der Waals surface area contributed by atoms with E-state index in [1.54, 1.807) is 0 Å². The quantitative estimate of drug-likeness (QED) is 0.918. The number of aryl methyl sites for hydroxylation is 1. The molecule has 0 radical (unpaired) electrons. The van der Waals surface area contributed by atoms with Crippen molar-refractivity contribution in [2.24, 2.45) is 11.1 Å². The van der Waals surface area contributed by atoms with Crippen LogP contribution in [0.2, 0.25) is 0 Å². The summed E-state index contributed by atoms with van der Waals surface area (Å²) in [5.41, 5.74) is 11.3. The summed E-state index contributed by atoms with van der Waals surface area (Å²) in [6.07, 6.45) is 4.70. The summed E-state index contributed by atoms with van der Waals surface area (Å²) in [6, 6.07) is 8.62. The molecule has 2 aromatic rings. The van der Waals surface area contributed by atoms with Crippen molar-refractivity contribution in [2.45, 2.75) is 46.1 Å². The maximum absolute atomic E-state index is 6.26. The fourth-order valence-electron chi connectivity index (χ4n) is 3.12. The van der Waals surface area contributed by atoms with Crippen molar-refractivity contribution < 1.29 is 0 Å². The van der Waals surface area contributed by atoms with Crippen LogP contribution in [0.5, 0.6) is 0 Å². The van der Waals surface area contributed by atoms with Crippen molar-refractivity contribution in [3.05, 3.63) is 58.7 Å². The van der Waals surface area contributed by atoms with Crippen LogP contribution in [-0.4, -0.2) is 9.97 Å². The van der Waals surface area contributed by atoms with Crippen molar-refractivity contribution >= 4 is 0 Å². The standard InChI is InChI=1S/C18H23N3/c1-12-4-6-13(7-5-12)8-17-20-11-14-15(19)9-18(2,3)10-16(14)21-17/h4-7,11,15H,8-10,19H2,1-3H3. The van der Waals surface area contributed by atoms with Gasteiger partial charge >= 0.3 is 0 Å². The Morgan fingerprint density at radius 2 is 1.95 bits per heavy atom. The lowest BCUT2D eigenvalue weighted by Gasteiger charge is -2.34. The number of nitrogens with zero attached hydrogens (tertiary/aromatic N) is 2. The van der Waals surface area contributed by atoms with Crippen LogP contribution in [0.25, 0.3) is 0 Å². The molecule has 1 aliphatic carbocycles. The molecular weight excluding hydrogens is 258 g/mol. The van der Waals surface area contributed by atoms with E-state index in [2.05, 4.69) is 50.0 Å². The molecule has 3 nitrogen and oxygen atoms in total. The van der Waals surface area contributed by atoms with E-state index in [1.165, 1.54) is 11.1 Å². The van der Waals surface area contributed by atoms with Crippen molar-refractivity contribution in [1.82, 2.24) is 9.97 Å². The Balaban J connectivity index is 1.87. The van der Waals surface area contributed by atoms with Gasteiger partial charge in [0.05, 0.1) is 0 Å². The third-order valence-corrected chi connectivity index (χ3v) is 4.25. The molecule has 1 aromatic carbocycles. The fraction of sp³-hybridized carbons (Fsp3) is 0.444. The molecule has 0 spiro atoms. The second-order valence-electron chi connectivity index (χ2n) is 7.00. The molecule has 110 valence electrons. The summed E-state index contributed by atoms with van der Waals surface area (Å²) in [7, 11) is 0. The molecule has 3 rings (SSSR count). The van der Waals surface area contributed by atoms with Gasteiger partial charge in [0, 0.05) is 29.9 Å². The van der Waals surface area contributed by atoms with E-state index in [0.29, 0.717) is 0 Å². The first kappa shape index (κ1) is 14.2. The van der Waals surface area contributed by atoms with Crippen molar-refractivity contribution in [2.75, 3.05) is 0 Å². The van der Waals surface area contributed by atoms with Crippen LogP contribution >= 0.6 is 0 Å². The molecule has 2 N–H and O–H groups in total. The second kappa shape index (κ2) is 5.23. The Kier molecular flexibility index (Phi) is 3.54. The number of hydrogen-bond acceptors (Lipinski definition) is 3. The average molecular weight is 281 g/mol. The number of fused-ring (bicyclic) bond motifs is 1. The zero-order chi connectivity index (χ0) is 15.0. The Labute approximate surface area is 126 Å². The van der Waals surface area contributed by atoms with E-state index < -0.39 is 0 Å². The van der Waals surface area contributed by atoms with Crippen molar-refractivity contribution in [1.29, 1.82) is 0 Å². The molecule has 0 amide bonds. The predicted molar refractivity (Wildman–Crippen MR) is 85.0 cm³/mol. The van der Waals surface area contributed by atoms with E-state index in [4.69, 9.17) is 10.7 Å². The molecule has 3 heteroatoms. The van der Waals surface area contributed by atoms with Crippen LogP contribution in [0.4, 0.5) is 0 Å². The Morgan fingerprint density at radius 1 is 1.24 bits per heavy atom. The van der Waals surface area contributed by atoms with Gasteiger partial charge in [-0.1, -0.05) is 43.7 Å². The van der Waals surface area contributed by atoms with E-state index in [0.717, 1.165) is 36.3 Å². The number of hydrogen-bond donors (Lipinski definition) is 1. The molecule has 1 heterocycles. The number of benzene rings is 1. The summed E-state index contributed by atoms with van der Waals surface area (Å²) in [5.74, 6) is 0.891. The smallest absolute Gasteiger partial charge is 0.132 e. The van der Waals surface area contributed by atoms with Crippen LogP contribution in [0, 0.1) is 12.3 Å². The normalized spacial score (nSPS) is 20.1. The third-order valence-electron chi connectivity index (χ3n) is 4.25. The predicted octanol–water partition coefficient (Wildman–Crippen LogP) is 3.35. The van der Waals surface area contributed by atoms with Gasteiger partial charge in [0.1, 0.15) is 5.82 Å². The first-order valence-electron chi connectivity index (χ1n) is 7.59. The molecule has 1 atom stereocenters. The Bertz CT molecular complexity index is 644. The van der Waals surface area contributed by atoms with E-state index in [1.807, 2.05) is 6.20 Å². The highest BCUT2D eigenvalue weighted by atomic mass is 14.9. The largest absolute Gasteiger partial charge is 0.324 e. The Morgan fingerprint density at radius 3 is 2.67 bits per heavy atom. The zero-order valence-corrected chi connectivity index (χ0v) is 13.1. The van der Waals surface area contributed by atoms with Crippen molar-refractivity contribution in [3.8, 4) is 0 Å². The van der Waals surface area contributed by atoms with Gasteiger partial charge in [0.25, 0.3) is 0 Å². The lowest BCUT2D eigenvalue weighted by atomic mass is 9.74. The van der Waals surface area contributed by atoms with Gasteiger partial charge in [-0.05, 0) is 30.7 Å². The minimum atomic E-state index is 0.0668. The van der Waals surface area contributed by atoms with Crippen LogP contribution < -0.4 is 5.73 Å². The molecule has 1 unspecified atom stereocenters. The van der Waals surface area contributed by atoms with Gasteiger partial charge in [0.15, 0.2) is 0 Å². The summed E-state index contributed by atoms with van der Waals surface area (Å²) in [5, 5.41) is 0. The van der Waals surface area contributed by atoms with E-state index in [9.17, 15) is 0 Å². The number of rotatable bonds is 2. The first-order valence-corrected chi connectivity index (χ1v) is 7.59. The van der Waals surface area contributed by atoms with Gasteiger partial charge < -0.3 is 5.73 Å². The van der Waals surface area contributed by atoms with Gasteiger partial charge in [-0.2, -0.15) is 0 Å². The second-order valence-corrected chi connectivity index (χ2v) is 7.00. The number of nitrogens with two attached hydrogens (primary N) is 1. The highest BCUT2D eigenvalue weighted by Crippen LogP contribution is 2.38. The van der Waals surface area contributed by atoms with Crippen LogP contribution in [-0.2, 0) is 12.8 Å². The van der Waals surface area contributed by atoms with Crippen LogP contribution in [0.3, 0.4) is 0 Å². The third kappa shape index (κ3) is 3.13. The molecule has 0 aliphatic heterocycles. The van der Waals surface area contributed by atoms with Gasteiger partial charge in [0.2, 0.25) is 0 Å². The minimum Gasteiger partial charge on any atom is -0.324 e. The molecule has 1 aliphatic rings. The molecular formula is C18H23N3. The van der Waals surface area contributed by atoms with E-state index in [-0.39, 0.29) is 11.5 Å². The maximum atomic E-state index is 6.26. The molecule has 0 bridgehead atoms. The highest BCUT2D eigenvalue weighted by Gasteiger charge is 2.31. The molecule has 0 saturated heterocycles. The average Bonchev–Trinajstić information content (AvgIpc) is 2.39. The lowest BCUT2D eigenvalue weighted by molar-refractivity contribution is 0.277. The van der Waals surface area contributed by atoms with Gasteiger partial charge in [-0.25, -0.2) is 9.97 Å². The molecule has 21 heavy (non-hydrogen) atoms.